The molecule has 1 N–H and O–H groups in total. The standard InChI is InChI=1S/C22H28N2O3/c1-16-4-5-17(2)21(14-16)26-15-22(25)23-18-6-8-19(9-7-18)27-20-10-12-24(3)13-11-20/h4-9,14,20H,10-13,15H2,1-3H3,(H,23,25). The number of hydrogen-bond donors (Lipinski definition) is 1. The van der Waals surface area contributed by atoms with Crippen molar-refractivity contribution in [3.63, 3.8) is 0 Å². The lowest BCUT2D eigenvalue weighted by molar-refractivity contribution is -0.118. The lowest BCUT2D eigenvalue weighted by Crippen LogP contribution is -2.35. The van der Waals surface area contributed by atoms with Crippen molar-refractivity contribution in [2.45, 2.75) is 32.8 Å². The van der Waals surface area contributed by atoms with Crippen LogP contribution in [-0.4, -0.2) is 43.7 Å². The number of nitrogens with one attached hydrogen (secondary N) is 1. The molecule has 3 rings (SSSR count). The van der Waals surface area contributed by atoms with Crippen LogP contribution in [0.15, 0.2) is 42.5 Å². The zero-order chi connectivity index (χ0) is 19.2. The molecule has 0 atom stereocenters. The second-order valence-corrected chi connectivity index (χ2v) is 7.25. The van der Waals surface area contributed by atoms with Crippen LogP contribution in [0.2, 0.25) is 0 Å². The molecular weight excluding hydrogens is 340 g/mol. The van der Waals surface area contributed by atoms with Crippen molar-refractivity contribution in [3.8, 4) is 11.5 Å². The van der Waals surface area contributed by atoms with Gasteiger partial charge in [0.1, 0.15) is 17.6 Å². The van der Waals surface area contributed by atoms with Crippen molar-refractivity contribution in [1.29, 1.82) is 0 Å². The number of rotatable bonds is 6. The molecule has 2 aromatic carbocycles. The highest BCUT2D eigenvalue weighted by Crippen LogP contribution is 2.21. The van der Waals surface area contributed by atoms with Crippen molar-refractivity contribution in [1.82, 2.24) is 4.90 Å². The Labute approximate surface area is 161 Å². The van der Waals surface area contributed by atoms with Gasteiger partial charge in [-0.2, -0.15) is 0 Å². The maximum atomic E-state index is 12.1. The summed E-state index contributed by atoms with van der Waals surface area (Å²) < 4.78 is 11.7. The van der Waals surface area contributed by atoms with Crippen LogP contribution in [0.4, 0.5) is 5.69 Å². The van der Waals surface area contributed by atoms with E-state index < -0.39 is 0 Å². The van der Waals surface area contributed by atoms with E-state index in [1.54, 1.807) is 0 Å². The maximum absolute atomic E-state index is 12.1. The molecule has 0 saturated carbocycles. The number of piperidine rings is 1. The van der Waals surface area contributed by atoms with Crippen molar-refractivity contribution < 1.29 is 14.3 Å². The average molecular weight is 368 g/mol. The fourth-order valence-corrected chi connectivity index (χ4v) is 3.12. The Morgan fingerprint density at radius 1 is 1.11 bits per heavy atom. The lowest BCUT2D eigenvalue weighted by atomic mass is 10.1. The molecule has 0 spiro atoms. The molecule has 27 heavy (non-hydrogen) atoms. The summed E-state index contributed by atoms with van der Waals surface area (Å²) in [7, 11) is 2.14. The second kappa shape index (κ2) is 8.91. The fraction of sp³-hybridized carbons (Fsp3) is 0.409. The Bertz CT molecular complexity index is 766. The van der Waals surface area contributed by atoms with Gasteiger partial charge in [-0.1, -0.05) is 12.1 Å². The minimum Gasteiger partial charge on any atom is -0.490 e. The maximum Gasteiger partial charge on any atom is 0.262 e. The normalized spacial score (nSPS) is 15.4. The van der Waals surface area contributed by atoms with Crippen molar-refractivity contribution in [3.05, 3.63) is 53.6 Å². The van der Waals surface area contributed by atoms with Gasteiger partial charge in [0.15, 0.2) is 6.61 Å². The van der Waals surface area contributed by atoms with Crippen LogP contribution in [0.25, 0.3) is 0 Å². The molecule has 0 unspecified atom stereocenters. The van der Waals surface area contributed by atoms with Gasteiger partial charge in [0.2, 0.25) is 0 Å². The Morgan fingerprint density at radius 3 is 2.52 bits per heavy atom. The molecular formula is C22H28N2O3. The van der Waals surface area contributed by atoms with Crippen LogP contribution in [0.5, 0.6) is 11.5 Å². The number of benzene rings is 2. The number of carbonyl (C=O) groups is 1. The summed E-state index contributed by atoms with van der Waals surface area (Å²) in [5, 5.41) is 2.86. The minimum atomic E-state index is -0.181. The lowest BCUT2D eigenvalue weighted by Gasteiger charge is -2.29. The van der Waals surface area contributed by atoms with Crippen molar-refractivity contribution in [2.24, 2.45) is 0 Å². The summed E-state index contributed by atoms with van der Waals surface area (Å²) in [5.74, 6) is 1.40. The average Bonchev–Trinajstić information content (AvgIpc) is 2.66. The molecule has 5 nitrogen and oxygen atoms in total. The summed E-state index contributed by atoms with van der Waals surface area (Å²) in [6, 6.07) is 13.5. The van der Waals surface area contributed by atoms with E-state index in [-0.39, 0.29) is 18.6 Å². The van der Waals surface area contributed by atoms with E-state index >= 15 is 0 Å². The number of likely N-dealkylation sites (tertiary alicyclic amines) is 1. The Kier molecular flexibility index (Phi) is 6.35. The van der Waals surface area contributed by atoms with Crippen molar-refractivity contribution in [2.75, 3.05) is 32.1 Å². The summed E-state index contributed by atoms with van der Waals surface area (Å²) in [5.41, 5.74) is 2.86. The van der Waals surface area contributed by atoms with E-state index in [0.29, 0.717) is 0 Å². The molecule has 1 amide bonds. The zero-order valence-electron chi connectivity index (χ0n) is 16.3. The van der Waals surface area contributed by atoms with E-state index in [1.807, 2.05) is 56.3 Å². The third kappa shape index (κ3) is 5.73. The van der Waals surface area contributed by atoms with Gasteiger partial charge in [0, 0.05) is 18.8 Å². The van der Waals surface area contributed by atoms with Crippen LogP contribution in [0.3, 0.4) is 0 Å². The fourth-order valence-electron chi connectivity index (χ4n) is 3.12. The largest absolute Gasteiger partial charge is 0.490 e. The molecule has 0 aliphatic carbocycles. The number of hydrogen-bond acceptors (Lipinski definition) is 4. The first-order valence-corrected chi connectivity index (χ1v) is 9.45. The third-order valence-electron chi connectivity index (χ3n) is 4.81. The molecule has 0 bridgehead atoms. The van der Waals surface area contributed by atoms with Crippen LogP contribution >= 0.6 is 0 Å². The number of anilines is 1. The van der Waals surface area contributed by atoms with Crippen LogP contribution in [0.1, 0.15) is 24.0 Å². The quantitative estimate of drug-likeness (QED) is 0.843. The molecule has 2 aromatic rings. The Morgan fingerprint density at radius 2 is 1.81 bits per heavy atom. The monoisotopic (exact) mass is 368 g/mol. The molecule has 0 radical (unpaired) electrons. The summed E-state index contributed by atoms with van der Waals surface area (Å²) >= 11 is 0. The first-order chi connectivity index (χ1) is 13.0. The smallest absolute Gasteiger partial charge is 0.262 e. The predicted octanol–water partition coefficient (Wildman–Crippen LogP) is 3.79. The molecule has 144 valence electrons. The van der Waals surface area contributed by atoms with Gasteiger partial charge in [-0.05, 0) is 75.2 Å². The number of nitrogens with zero attached hydrogens (tertiary/aromatic N) is 1. The van der Waals surface area contributed by atoms with Crippen LogP contribution < -0.4 is 14.8 Å². The SMILES string of the molecule is Cc1ccc(C)c(OCC(=O)Nc2ccc(OC3CCN(C)CC3)cc2)c1. The number of amides is 1. The minimum absolute atomic E-state index is 0.0157. The van der Waals surface area contributed by atoms with Crippen molar-refractivity contribution >= 4 is 11.6 Å². The van der Waals surface area contributed by atoms with E-state index in [9.17, 15) is 4.79 Å². The van der Waals surface area contributed by atoms with Gasteiger partial charge >= 0.3 is 0 Å². The molecule has 5 heteroatoms. The Hall–Kier alpha value is -2.53. The number of ether oxygens (including phenoxy) is 2. The second-order valence-electron chi connectivity index (χ2n) is 7.25. The van der Waals surface area contributed by atoms with Crippen LogP contribution in [0, 0.1) is 13.8 Å². The summed E-state index contributed by atoms with van der Waals surface area (Å²) in [6.45, 7) is 6.09. The summed E-state index contributed by atoms with van der Waals surface area (Å²) in [6.07, 6.45) is 2.36. The third-order valence-corrected chi connectivity index (χ3v) is 4.81. The molecule has 1 aliphatic heterocycles. The van der Waals surface area contributed by atoms with Gasteiger partial charge in [0.05, 0.1) is 0 Å². The Balaban J connectivity index is 1.47. The topological polar surface area (TPSA) is 50.8 Å². The molecule has 1 saturated heterocycles. The van der Waals surface area contributed by atoms with E-state index in [4.69, 9.17) is 9.47 Å². The van der Waals surface area contributed by atoms with Crippen LogP contribution in [-0.2, 0) is 4.79 Å². The molecule has 1 fully saturated rings. The van der Waals surface area contributed by atoms with Gasteiger partial charge in [0.25, 0.3) is 5.91 Å². The van der Waals surface area contributed by atoms with Gasteiger partial charge < -0.3 is 19.7 Å². The highest BCUT2D eigenvalue weighted by Gasteiger charge is 2.17. The molecule has 0 aromatic heterocycles. The number of aryl methyl sites for hydroxylation is 2. The first-order valence-electron chi connectivity index (χ1n) is 9.45. The van der Waals surface area contributed by atoms with Gasteiger partial charge in [-0.25, -0.2) is 0 Å². The van der Waals surface area contributed by atoms with Gasteiger partial charge in [-0.15, -0.1) is 0 Å². The zero-order valence-corrected chi connectivity index (χ0v) is 16.3. The molecule has 1 aliphatic rings. The highest BCUT2D eigenvalue weighted by molar-refractivity contribution is 5.91. The highest BCUT2D eigenvalue weighted by atomic mass is 16.5. The summed E-state index contributed by atoms with van der Waals surface area (Å²) in [4.78, 5) is 14.5. The van der Waals surface area contributed by atoms with E-state index in [2.05, 4.69) is 17.3 Å². The molecule has 1 heterocycles. The predicted molar refractivity (Wildman–Crippen MR) is 108 cm³/mol. The van der Waals surface area contributed by atoms with E-state index in [0.717, 1.165) is 54.2 Å². The van der Waals surface area contributed by atoms with Gasteiger partial charge in [-0.3, -0.25) is 4.79 Å². The first kappa shape index (κ1) is 19.2. The van der Waals surface area contributed by atoms with E-state index in [1.165, 1.54) is 0 Å². The number of carbonyl (C=O) groups excluding carboxylic acids is 1.